The van der Waals surface area contributed by atoms with Gasteiger partial charge in [-0.1, -0.05) is 18.2 Å². The van der Waals surface area contributed by atoms with Gasteiger partial charge in [-0.25, -0.2) is 4.79 Å². The largest absolute Gasteiger partial charge is 0.519 e. The average molecular weight is 638 g/mol. The average Bonchev–Trinajstić information content (AvgIpc) is 3.54. The van der Waals surface area contributed by atoms with Crippen LogP contribution in [-0.4, -0.2) is 96.1 Å². The minimum atomic E-state index is -4.51. The van der Waals surface area contributed by atoms with Gasteiger partial charge in [0.2, 0.25) is 17.7 Å². The number of carbonyl (C=O) groups is 3. The first-order valence-corrected chi connectivity index (χ1v) is 15.0. The highest BCUT2D eigenvalue weighted by Gasteiger charge is 2.46. The number of rotatable bonds is 8. The summed E-state index contributed by atoms with van der Waals surface area (Å²) in [7, 11) is 1.60. The van der Waals surface area contributed by atoms with Crippen molar-refractivity contribution in [3.05, 3.63) is 52.0 Å². The highest BCUT2D eigenvalue weighted by atomic mass is 19.4. The van der Waals surface area contributed by atoms with E-state index < -0.39 is 54.5 Å². The molecule has 0 spiro atoms. The summed E-state index contributed by atoms with van der Waals surface area (Å²) in [5, 5.41) is 5.72. The van der Waals surface area contributed by atoms with Crippen molar-refractivity contribution in [3.63, 3.8) is 0 Å². The summed E-state index contributed by atoms with van der Waals surface area (Å²) >= 11 is 0. The second kappa shape index (κ2) is 13.3. The Kier molecular flexibility index (Phi) is 9.58. The van der Waals surface area contributed by atoms with Gasteiger partial charge in [0.15, 0.2) is 5.76 Å². The molecule has 12 nitrogen and oxygen atoms in total. The smallest absolute Gasteiger partial charge is 0.493 e. The van der Waals surface area contributed by atoms with Gasteiger partial charge in [-0.05, 0) is 46.2 Å². The van der Waals surface area contributed by atoms with E-state index in [1.807, 2.05) is 24.3 Å². The number of nitrogens with zero attached hydrogens (tertiary/aromatic N) is 3. The maximum Gasteiger partial charge on any atom is 0.519 e. The third kappa shape index (κ3) is 7.52. The number of carbonyl (C=O) groups excluding carboxylic acids is 3. The molecule has 3 aliphatic heterocycles. The lowest BCUT2D eigenvalue weighted by Crippen LogP contribution is -2.62. The molecule has 4 heterocycles. The van der Waals surface area contributed by atoms with Crippen LogP contribution < -0.4 is 21.2 Å². The lowest BCUT2D eigenvalue weighted by molar-refractivity contribution is -0.155. The standard InChI is InChI=1S/C30H38F3N5O7/c1-17(36(3)15-25-18(2)44-29(42)45-25)26(39)35-22-14-37(16-30(31,32)33)12-10-19-8-9-23(38(19)28(22)41)27(40)34-21-11-13-43-24-7-5-4-6-20(21)24/h4-7,17,19,21-23H,8-16H2,1-3H3,(H,34,40)(H,35,39)/t17-,19+,21+,22-,23-/m0/s1. The van der Waals surface area contributed by atoms with Crippen LogP contribution >= 0.6 is 0 Å². The quantitative estimate of drug-likeness (QED) is 0.446. The summed E-state index contributed by atoms with van der Waals surface area (Å²) in [4.78, 5) is 56.7. The first-order valence-electron chi connectivity index (χ1n) is 15.0. The number of amides is 3. The molecule has 2 fully saturated rings. The first-order chi connectivity index (χ1) is 21.3. The van der Waals surface area contributed by atoms with Crippen molar-refractivity contribution in [3.8, 4) is 5.75 Å². The first kappa shape index (κ1) is 32.5. The summed E-state index contributed by atoms with van der Waals surface area (Å²) < 4.78 is 56.0. The van der Waals surface area contributed by atoms with Gasteiger partial charge in [0.1, 0.15) is 23.6 Å². The van der Waals surface area contributed by atoms with E-state index in [1.54, 1.807) is 25.8 Å². The Morgan fingerprint density at radius 3 is 2.53 bits per heavy atom. The summed E-state index contributed by atoms with van der Waals surface area (Å²) in [6.45, 7) is 1.99. The van der Waals surface area contributed by atoms with E-state index in [9.17, 15) is 32.3 Å². The molecule has 5 atom stereocenters. The van der Waals surface area contributed by atoms with Crippen LogP contribution in [-0.2, 0) is 20.9 Å². The molecular weight excluding hydrogens is 599 g/mol. The highest BCUT2D eigenvalue weighted by molar-refractivity contribution is 5.94. The molecule has 3 aliphatic rings. The molecule has 3 amide bonds. The molecule has 2 N–H and O–H groups in total. The van der Waals surface area contributed by atoms with E-state index in [2.05, 4.69) is 10.6 Å². The van der Waals surface area contributed by atoms with Gasteiger partial charge in [-0.3, -0.25) is 24.2 Å². The van der Waals surface area contributed by atoms with Crippen molar-refractivity contribution < 1.29 is 41.1 Å². The second-order valence-corrected chi connectivity index (χ2v) is 12.0. The Labute approximate surface area is 257 Å². The number of aryl methyl sites for hydroxylation is 1. The minimum Gasteiger partial charge on any atom is -0.493 e. The zero-order valence-corrected chi connectivity index (χ0v) is 25.4. The molecule has 1 aromatic carbocycles. The van der Waals surface area contributed by atoms with Crippen LogP contribution in [0.5, 0.6) is 5.75 Å². The van der Waals surface area contributed by atoms with E-state index in [-0.39, 0.29) is 49.5 Å². The van der Waals surface area contributed by atoms with Gasteiger partial charge in [-0.2, -0.15) is 13.2 Å². The number of alkyl halides is 3. The van der Waals surface area contributed by atoms with Crippen LogP contribution in [0.25, 0.3) is 0 Å². The van der Waals surface area contributed by atoms with Gasteiger partial charge in [0, 0.05) is 31.1 Å². The highest BCUT2D eigenvalue weighted by Crippen LogP contribution is 2.34. The van der Waals surface area contributed by atoms with Crippen LogP contribution in [0.4, 0.5) is 13.2 Å². The van der Waals surface area contributed by atoms with E-state index in [0.717, 1.165) is 10.5 Å². The fourth-order valence-corrected chi connectivity index (χ4v) is 6.34. The van der Waals surface area contributed by atoms with Crippen molar-refractivity contribution in [2.75, 3.05) is 33.3 Å². The molecule has 15 heteroatoms. The molecule has 5 rings (SSSR count). The van der Waals surface area contributed by atoms with Crippen LogP contribution in [0.2, 0.25) is 0 Å². The number of benzene rings is 1. The summed E-state index contributed by atoms with van der Waals surface area (Å²) in [5.74, 6) is -1.28. The fourth-order valence-electron chi connectivity index (χ4n) is 6.34. The number of halogens is 3. The Balaban J connectivity index is 1.33. The fraction of sp³-hybridized carbons (Fsp3) is 0.600. The SMILES string of the molecule is Cc1oc(=O)oc1CN(C)[C@@H](C)C(=O)N[C@H]1CN(CC(F)(F)F)CC[C@H]2CC[C@@H](C(=O)N[C@@H]3CCOc4ccccc43)N2C1=O. The van der Waals surface area contributed by atoms with Crippen LogP contribution in [0.15, 0.2) is 37.9 Å². The molecule has 246 valence electrons. The Hall–Kier alpha value is -3.85. The zero-order chi connectivity index (χ0) is 32.5. The molecule has 0 unspecified atom stereocenters. The normalized spacial score (nSPS) is 24.7. The summed E-state index contributed by atoms with van der Waals surface area (Å²) in [6.07, 6.45) is -2.90. The summed E-state index contributed by atoms with van der Waals surface area (Å²) in [6, 6.07) is 3.59. The zero-order valence-electron chi connectivity index (χ0n) is 25.4. The van der Waals surface area contributed by atoms with Crippen molar-refractivity contribution in [1.29, 1.82) is 0 Å². The molecule has 45 heavy (non-hydrogen) atoms. The Bertz CT molecular complexity index is 1460. The van der Waals surface area contributed by atoms with E-state index >= 15 is 0 Å². The molecule has 0 aliphatic carbocycles. The Morgan fingerprint density at radius 2 is 1.82 bits per heavy atom. The van der Waals surface area contributed by atoms with Gasteiger partial charge < -0.3 is 29.1 Å². The lowest BCUT2D eigenvalue weighted by atomic mass is 10.00. The number of para-hydroxylation sites is 1. The minimum absolute atomic E-state index is 0.0380. The lowest BCUT2D eigenvalue weighted by Gasteiger charge is -2.39. The van der Waals surface area contributed by atoms with E-state index in [1.165, 1.54) is 4.90 Å². The number of ether oxygens (including phenoxy) is 1. The number of hydrogen-bond acceptors (Lipinski definition) is 9. The predicted molar refractivity (Wildman–Crippen MR) is 153 cm³/mol. The van der Waals surface area contributed by atoms with Gasteiger partial charge in [0.05, 0.1) is 31.8 Å². The van der Waals surface area contributed by atoms with Crippen molar-refractivity contribution in [1.82, 2.24) is 25.3 Å². The third-order valence-corrected chi connectivity index (χ3v) is 8.84. The predicted octanol–water partition coefficient (Wildman–Crippen LogP) is 2.11. The maximum absolute atomic E-state index is 14.1. The van der Waals surface area contributed by atoms with Gasteiger partial charge >= 0.3 is 12.0 Å². The number of hydrogen-bond donors (Lipinski definition) is 2. The Morgan fingerprint density at radius 1 is 1.07 bits per heavy atom. The van der Waals surface area contributed by atoms with Crippen LogP contribution in [0.3, 0.4) is 0 Å². The van der Waals surface area contributed by atoms with Gasteiger partial charge in [0.25, 0.3) is 0 Å². The number of fused-ring (bicyclic) bond motifs is 2. The van der Waals surface area contributed by atoms with Crippen molar-refractivity contribution >= 4 is 17.7 Å². The molecule has 0 bridgehead atoms. The molecule has 2 aromatic rings. The number of nitrogens with one attached hydrogen (secondary N) is 2. The maximum atomic E-state index is 14.1. The molecule has 0 saturated carbocycles. The summed E-state index contributed by atoms with van der Waals surface area (Å²) in [5.41, 5.74) is 0.835. The molecule has 1 aromatic heterocycles. The second-order valence-electron chi connectivity index (χ2n) is 12.0. The monoisotopic (exact) mass is 637 g/mol. The third-order valence-electron chi connectivity index (χ3n) is 8.84. The van der Waals surface area contributed by atoms with Crippen LogP contribution in [0.1, 0.15) is 55.7 Å². The molecule has 0 radical (unpaired) electrons. The van der Waals surface area contributed by atoms with Crippen molar-refractivity contribution in [2.24, 2.45) is 0 Å². The topological polar surface area (TPSA) is 138 Å². The number of likely N-dealkylation sites (N-methyl/N-ethyl adjacent to an activating group) is 1. The molecular formula is C30H38F3N5O7. The van der Waals surface area contributed by atoms with Crippen LogP contribution in [0, 0.1) is 6.92 Å². The van der Waals surface area contributed by atoms with Gasteiger partial charge in [-0.15, -0.1) is 0 Å². The van der Waals surface area contributed by atoms with E-state index in [0.29, 0.717) is 31.6 Å². The van der Waals surface area contributed by atoms with E-state index in [4.69, 9.17) is 13.6 Å². The molecule has 2 saturated heterocycles. The van der Waals surface area contributed by atoms with Crippen molar-refractivity contribution in [2.45, 2.75) is 82.5 Å².